The molecule has 0 spiro atoms. The van der Waals surface area contributed by atoms with Crippen molar-refractivity contribution in [2.24, 2.45) is 4.99 Å². The Balaban J connectivity index is 1.74. The molecule has 0 atom stereocenters. The zero-order valence-electron chi connectivity index (χ0n) is 15.8. The van der Waals surface area contributed by atoms with Crippen molar-refractivity contribution in [2.45, 2.75) is 39.2 Å². The number of hydrogen-bond acceptors (Lipinski definition) is 3. The van der Waals surface area contributed by atoms with Crippen LogP contribution in [0.15, 0.2) is 23.2 Å². The number of aliphatic imine (C=N–C) groups is 1. The van der Waals surface area contributed by atoms with Gasteiger partial charge in [0.05, 0.1) is 16.8 Å². The van der Waals surface area contributed by atoms with Gasteiger partial charge in [0, 0.05) is 39.7 Å². The Hall–Kier alpha value is -1.79. The number of carbonyl (C=O) groups is 1. The summed E-state index contributed by atoms with van der Waals surface area (Å²) in [5.74, 6) is 0.759. The molecule has 1 heterocycles. The molecule has 0 saturated carbocycles. The van der Waals surface area contributed by atoms with Crippen LogP contribution in [0.1, 0.15) is 31.7 Å². The molecule has 2 rings (SSSR count). The first-order valence-corrected chi connectivity index (χ1v) is 9.54. The molecule has 0 radical (unpaired) electrons. The number of nitrogens with one attached hydrogen (secondary N) is 2. The van der Waals surface area contributed by atoms with E-state index < -0.39 is 0 Å². The lowest BCUT2D eigenvalue weighted by Crippen LogP contribution is -2.47. The standard InChI is InChI=1S/C19H29ClN4O2/c1-4-26-15-8-11-24(12-9-15)19(21-3)22-10-7-18(25)23-17-6-5-14(2)13-16(17)20/h5-6,13,15H,4,7-12H2,1-3H3,(H,21,22)(H,23,25). The fraction of sp³-hybridized carbons (Fsp3) is 0.579. The lowest BCUT2D eigenvalue weighted by atomic mass is 10.1. The highest BCUT2D eigenvalue weighted by Gasteiger charge is 2.21. The van der Waals surface area contributed by atoms with E-state index in [1.807, 2.05) is 32.0 Å². The predicted octanol–water partition coefficient (Wildman–Crippen LogP) is 3.05. The highest BCUT2D eigenvalue weighted by atomic mass is 35.5. The number of benzene rings is 1. The Morgan fingerprint density at radius 3 is 2.73 bits per heavy atom. The number of likely N-dealkylation sites (tertiary alicyclic amines) is 1. The quantitative estimate of drug-likeness (QED) is 0.588. The molecule has 144 valence electrons. The van der Waals surface area contributed by atoms with E-state index in [1.54, 1.807) is 7.05 Å². The molecule has 2 N–H and O–H groups in total. The van der Waals surface area contributed by atoms with E-state index in [-0.39, 0.29) is 5.91 Å². The van der Waals surface area contributed by atoms with Crippen molar-refractivity contribution in [3.63, 3.8) is 0 Å². The maximum atomic E-state index is 12.1. The Labute approximate surface area is 161 Å². The number of carbonyl (C=O) groups excluding carboxylic acids is 1. The summed E-state index contributed by atoms with van der Waals surface area (Å²) in [4.78, 5) is 18.7. The summed E-state index contributed by atoms with van der Waals surface area (Å²) in [6.07, 6.45) is 2.69. The second kappa shape index (κ2) is 10.4. The van der Waals surface area contributed by atoms with Crippen LogP contribution >= 0.6 is 11.6 Å². The third-order valence-corrected chi connectivity index (χ3v) is 4.70. The number of aryl methyl sites for hydroxylation is 1. The first-order valence-electron chi connectivity index (χ1n) is 9.16. The highest BCUT2D eigenvalue weighted by molar-refractivity contribution is 6.33. The minimum atomic E-state index is -0.0752. The molecule has 6 nitrogen and oxygen atoms in total. The van der Waals surface area contributed by atoms with Crippen LogP contribution in [0.2, 0.25) is 5.02 Å². The van der Waals surface area contributed by atoms with Crippen LogP contribution in [0, 0.1) is 6.92 Å². The van der Waals surface area contributed by atoms with Gasteiger partial charge >= 0.3 is 0 Å². The molecule has 0 unspecified atom stereocenters. The van der Waals surface area contributed by atoms with Gasteiger partial charge in [-0.25, -0.2) is 0 Å². The van der Waals surface area contributed by atoms with Gasteiger partial charge in [-0.3, -0.25) is 9.79 Å². The molecule has 1 amide bonds. The molecule has 26 heavy (non-hydrogen) atoms. The van der Waals surface area contributed by atoms with Gasteiger partial charge in [-0.05, 0) is 44.4 Å². The average molecular weight is 381 g/mol. The smallest absolute Gasteiger partial charge is 0.226 e. The van der Waals surface area contributed by atoms with E-state index >= 15 is 0 Å². The van der Waals surface area contributed by atoms with Crippen molar-refractivity contribution in [2.75, 3.05) is 38.6 Å². The largest absolute Gasteiger partial charge is 0.378 e. The molecule has 0 bridgehead atoms. The zero-order chi connectivity index (χ0) is 18.9. The van der Waals surface area contributed by atoms with Crippen LogP contribution in [0.25, 0.3) is 0 Å². The van der Waals surface area contributed by atoms with E-state index in [0.717, 1.165) is 44.1 Å². The summed E-state index contributed by atoms with van der Waals surface area (Å²) >= 11 is 6.15. The van der Waals surface area contributed by atoms with Gasteiger partial charge in [0.2, 0.25) is 5.91 Å². The third kappa shape index (κ3) is 6.18. The van der Waals surface area contributed by atoms with Crippen molar-refractivity contribution in [3.8, 4) is 0 Å². The van der Waals surface area contributed by atoms with Crippen LogP contribution in [-0.4, -0.2) is 56.2 Å². The summed E-state index contributed by atoms with van der Waals surface area (Å²) in [5, 5.41) is 6.67. The van der Waals surface area contributed by atoms with Gasteiger partial charge < -0.3 is 20.3 Å². The van der Waals surface area contributed by atoms with E-state index in [9.17, 15) is 4.79 Å². The van der Waals surface area contributed by atoms with Crippen molar-refractivity contribution >= 4 is 29.2 Å². The lowest BCUT2D eigenvalue weighted by molar-refractivity contribution is -0.116. The molecular formula is C19H29ClN4O2. The second-order valence-electron chi connectivity index (χ2n) is 6.40. The zero-order valence-corrected chi connectivity index (χ0v) is 16.6. The molecule has 0 aliphatic carbocycles. The van der Waals surface area contributed by atoms with E-state index in [1.165, 1.54) is 0 Å². The fourth-order valence-electron chi connectivity index (χ4n) is 3.02. The van der Waals surface area contributed by atoms with Crippen molar-refractivity contribution in [1.29, 1.82) is 0 Å². The Kier molecular flexibility index (Phi) is 8.19. The minimum Gasteiger partial charge on any atom is -0.378 e. The van der Waals surface area contributed by atoms with Gasteiger partial charge in [-0.1, -0.05) is 17.7 Å². The summed E-state index contributed by atoms with van der Waals surface area (Å²) in [6.45, 7) is 7.10. The van der Waals surface area contributed by atoms with E-state index in [2.05, 4.69) is 20.5 Å². The summed E-state index contributed by atoms with van der Waals surface area (Å²) in [6, 6.07) is 5.58. The molecule has 0 aromatic heterocycles. The Morgan fingerprint density at radius 2 is 2.12 bits per heavy atom. The van der Waals surface area contributed by atoms with Crippen molar-refractivity contribution in [1.82, 2.24) is 10.2 Å². The number of halogens is 1. The number of piperidine rings is 1. The van der Waals surface area contributed by atoms with Gasteiger partial charge in [0.15, 0.2) is 5.96 Å². The van der Waals surface area contributed by atoms with Crippen LogP contribution in [0.4, 0.5) is 5.69 Å². The number of ether oxygens (including phenoxy) is 1. The number of amides is 1. The van der Waals surface area contributed by atoms with Crippen LogP contribution in [-0.2, 0) is 9.53 Å². The first kappa shape index (κ1) is 20.5. The van der Waals surface area contributed by atoms with Gasteiger partial charge in [-0.2, -0.15) is 0 Å². The number of nitrogens with zero attached hydrogens (tertiary/aromatic N) is 2. The monoisotopic (exact) mass is 380 g/mol. The van der Waals surface area contributed by atoms with Crippen LogP contribution in [0.3, 0.4) is 0 Å². The highest BCUT2D eigenvalue weighted by Crippen LogP contribution is 2.22. The van der Waals surface area contributed by atoms with Crippen LogP contribution < -0.4 is 10.6 Å². The van der Waals surface area contributed by atoms with Crippen molar-refractivity contribution < 1.29 is 9.53 Å². The summed E-state index contributed by atoms with van der Waals surface area (Å²) in [5.41, 5.74) is 1.70. The molecule has 1 fully saturated rings. The third-order valence-electron chi connectivity index (χ3n) is 4.39. The Morgan fingerprint density at radius 1 is 1.38 bits per heavy atom. The van der Waals surface area contributed by atoms with Crippen LogP contribution in [0.5, 0.6) is 0 Å². The van der Waals surface area contributed by atoms with Gasteiger partial charge in [0.1, 0.15) is 0 Å². The molecule has 1 aliphatic heterocycles. The molecule has 1 aromatic carbocycles. The molecule has 1 aliphatic rings. The van der Waals surface area contributed by atoms with E-state index in [0.29, 0.717) is 29.8 Å². The molecular weight excluding hydrogens is 352 g/mol. The normalized spacial score (nSPS) is 15.8. The molecule has 1 aromatic rings. The number of rotatable bonds is 6. The molecule has 1 saturated heterocycles. The molecule has 7 heteroatoms. The number of guanidine groups is 1. The summed E-state index contributed by atoms with van der Waals surface area (Å²) < 4.78 is 5.68. The SMILES string of the molecule is CCOC1CCN(C(=NC)NCCC(=O)Nc2ccc(C)cc2Cl)CC1. The van der Waals surface area contributed by atoms with E-state index in [4.69, 9.17) is 16.3 Å². The van der Waals surface area contributed by atoms with Crippen molar-refractivity contribution in [3.05, 3.63) is 28.8 Å². The lowest BCUT2D eigenvalue weighted by Gasteiger charge is -2.34. The first-order chi connectivity index (χ1) is 12.5. The van der Waals surface area contributed by atoms with Gasteiger partial charge in [0.25, 0.3) is 0 Å². The predicted molar refractivity (Wildman–Crippen MR) is 107 cm³/mol. The maximum absolute atomic E-state index is 12.1. The minimum absolute atomic E-state index is 0.0752. The number of hydrogen-bond donors (Lipinski definition) is 2. The average Bonchev–Trinajstić information content (AvgIpc) is 2.62. The maximum Gasteiger partial charge on any atom is 0.226 e. The summed E-state index contributed by atoms with van der Waals surface area (Å²) in [7, 11) is 1.77. The number of anilines is 1. The van der Waals surface area contributed by atoms with Gasteiger partial charge in [-0.15, -0.1) is 0 Å². The fourth-order valence-corrected chi connectivity index (χ4v) is 3.31. The Bertz CT molecular complexity index is 628. The second-order valence-corrected chi connectivity index (χ2v) is 6.80. The topological polar surface area (TPSA) is 66.0 Å².